The first-order valence-electron chi connectivity index (χ1n) is 8.68. The molecule has 2 N–H and O–H groups in total. The fraction of sp³-hybridized carbons (Fsp3) is 0.300. The van der Waals surface area contributed by atoms with Gasteiger partial charge < -0.3 is 14.8 Å². The van der Waals surface area contributed by atoms with Gasteiger partial charge in [-0.25, -0.2) is 9.59 Å². The summed E-state index contributed by atoms with van der Waals surface area (Å²) in [7, 11) is 0. The van der Waals surface area contributed by atoms with Gasteiger partial charge in [-0.05, 0) is 63.4 Å². The summed E-state index contributed by atoms with van der Waals surface area (Å²) in [5.41, 5.74) is 0.383. The van der Waals surface area contributed by atoms with Crippen molar-refractivity contribution < 1.29 is 23.9 Å². The Bertz CT molecular complexity index is 938. The van der Waals surface area contributed by atoms with E-state index in [-0.39, 0.29) is 5.56 Å². The highest BCUT2D eigenvalue weighted by molar-refractivity contribution is 7.14. The van der Waals surface area contributed by atoms with Crippen molar-refractivity contribution in [3.63, 3.8) is 0 Å². The second-order valence-corrected chi connectivity index (χ2v) is 7.93. The summed E-state index contributed by atoms with van der Waals surface area (Å²) in [5, 5.41) is 16.2. The minimum absolute atomic E-state index is 0.216. The van der Waals surface area contributed by atoms with E-state index in [2.05, 4.69) is 10.6 Å². The Hall–Kier alpha value is -3.38. The third kappa shape index (κ3) is 6.62. The van der Waals surface area contributed by atoms with Crippen LogP contribution in [0.2, 0.25) is 0 Å². The quantitative estimate of drug-likeness (QED) is 0.708. The molecule has 1 aromatic carbocycles. The maximum atomic E-state index is 12.2. The number of nitrogens with one attached hydrogen (secondary N) is 2. The van der Waals surface area contributed by atoms with E-state index in [1.54, 1.807) is 32.2 Å². The van der Waals surface area contributed by atoms with Gasteiger partial charge in [0, 0.05) is 5.69 Å². The first-order chi connectivity index (χ1) is 13.6. The number of rotatable bonds is 5. The number of carbonyl (C=O) groups is 3. The largest absolute Gasteiger partial charge is 0.449 e. The van der Waals surface area contributed by atoms with Crippen LogP contribution in [0.1, 0.15) is 43.6 Å². The van der Waals surface area contributed by atoms with Gasteiger partial charge in [0.1, 0.15) is 16.7 Å². The molecule has 0 spiro atoms. The topological polar surface area (TPSA) is 118 Å². The van der Waals surface area contributed by atoms with E-state index in [4.69, 9.17) is 14.7 Å². The molecule has 152 valence electrons. The lowest BCUT2D eigenvalue weighted by molar-refractivity contribution is -0.123. The molecule has 1 aromatic heterocycles. The van der Waals surface area contributed by atoms with Crippen molar-refractivity contribution in [1.29, 1.82) is 5.26 Å². The highest BCUT2D eigenvalue weighted by Crippen LogP contribution is 2.22. The number of amides is 2. The second kappa shape index (κ2) is 9.21. The molecule has 0 aliphatic rings. The van der Waals surface area contributed by atoms with Crippen molar-refractivity contribution >= 4 is 40.0 Å². The molecule has 0 fully saturated rings. The number of carbonyl (C=O) groups excluding carboxylic acids is 3. The van der Waals surface area contributed by atoms with E-state index in [0.29, 0.717) is 16.3 Å². The first-order valence-corrected chi connectivity index (χ1v) is 9.56. The average Bonchev–Trinajstić information content (AvgIpc) is 3.07. The van der Waals surface area contributed by atoms with Crippen LogP contribution in [0.15, 0.2) is 35.7 Å². The maximum absolute atomic E-state index is 12.2. The summed E-state index contributed by atoms with van der Waals surface area (Å²) in [6.07, 6.45) is -1.67. The van der Waals surface area contributed by atoms with E-state index >= 15 is 0 Å². The van der Waals surface area contributed by atoms with Crippen molar-refractivity contribution in [2.75, 3.05) is 10.6 Å². The van der Waals surface area contributed by atoms with Crippen LogP contribution in [-0.2, 0) is 14.3 Å². The van der Waals surface area contributed by atoms with Gasteiger partial charge in [0.05, 0.1) is 11.1 Å². The average molecular weight is 415 g/mol. The van der Waals surface area contributed by atoms with Crippen LogP contribution >= 0.6 is 11.3 Å². The van der Waals surface area contributed by atoms with E-state index in [1.807, 2.05) is 6.07 Å². The van der Waals surface area contributed by atoms with E-state index < -0.39 is 29.7 Å². The number of benzene rings is 1. The number of hydrogen-bond acceptors (Lipinski definition) is 7. The molecule has 2 amide bonds. The van der Waals surface area contributed by atoms with Crippen LogP contribution < -0.4 is 10.6 Å². The molecule has 0 aliphatic heterocycles. The van der Waals surface area contributed by atoms with Crippen molar-refractivity contribution in [3.8, 4) is 6.07 Å². The molecule has 29 heavy (non-hydrogen) atoms. The summed E-state index contributed by atoms with van der Waals surface area (Å²) in [6.45, 7) is 6.69. The smallest absolute Gasteiger partial charge is 0.412 e. The summed E-state index contributed by atoms with van der Waals surface area (Å²) in [5.74, 6) is -1.23. The third-order valence-electron chi connectivity index (χ3n) is 3.44. The zero-order valence-corrected chi connectivity index (χ0v) is 17.3. The molecule has 0 bridgehead atoms. The molecule has 1 heterocycles. The maximum Gasteiger partial charge on any atom is 0.412 e. The molecule has 1 atom stereocenters. The normalized spacial score (nSPS) is 11.7. The van der Waals surface area contributed by atoms with Crippen LogP contribution in [-0.4, -0.2) is 29.7 Å². The zero-order valence-electron chi connectivity index (χ0n) is 16.4. The summed E-state index contributed by atoms with van der Waals surface area (Å²) < 4.78 is 10.3. The zero-order chi connectivity index (χ0) is 21.6. The molecular formula is C20H21N3O5S. The Morgan fingerprint density at radius 3 is 2.34 bits per heavy atom. The van der Waals surface area contributed by atoms with Crippen molar-refractivity contribution in [3.05, 3.63) is 46.8 Å². The standard InChI is InChI=1S/C20H21N3O5S/c1-12(16(24)23-17-14(11-21)9-10-29-17)27-18(25)13-5-7-15(8-6-13)22-19(26)28-20(2,3)4/h5-10,12H,1-4H3,(H,22,26)(H,23,24)/t12-/m1/s1. The van der Waals surface area contributed by atoms with Gasteiger partial charge in [0.15, 0.2) is 6.10 Å². The highest BCUT2D eigenvalue weighted by atomic mass is 32.1. The second-order valence-electron chi connectivity index (χ2n) is 7.02. The Morgan fingerprint density at radius 2 is 1.76 bits per heavy atom. The van der Waals surface area contributed by atoms with Crippen molar-refractivity contribution in [1.82, 2.24) is 0 Å². The van der Waals surface area contributed by atoms with Gasteiger partial charge in [-0.3, -0.25) is 10.1 Å². The van der Waals surface area contributed by atoms with Gasteiger partial charge in [0.2, 0.25) is 0 Å². The van der Waals surface area contributed by atoms with Crippen LogP contribution in [0.4, 0.5) is 15.5 Å². The number of nitriles is 1. The van der Waals surface area contributed by atoms with Crippen molar-refractivity contribution in [2.45, 2.75) is 39.4 Å². The minimum Gasteiger partial charge on any atom is -0.449 e. The number of anilines is 2. The monoisotopic (exact) mass is 415 g/mol. The van der Waals surface area contributed by atoms with Gasteiger partial charge in [-0.15, -0.1) is 11.3 Å². The lowest BCUT2D eigenvalue weighted by Gasteiger charge is -2.19. The molecule has 2 aromatic rings. The lowest BCUT2D eigenvalue weighted by atomic mass is 10.2. The van der Waals surface area contributed by atoms with E-state index in [0.717, 1.165) is 0 Å². The summed E-state index contributed by atoms with van der Waals surface area (Å²) >= 11 is 1.21. The van der Waals surface area contributed by atoms with Crippen molar-refractivity contribution in [2.24, 2.45) is 0 Å². The van der Waals surface area contributed by atoms with Gasteiger partial charge >= 0.3 is 12.1 Å². The van der Waals surface area contributed by atoms with E-state index in [1.165, 1.54) is 42.5 Å². The van der Waals surface area contributed by atoms with Crippen LogP contribution in [0, 0.1) is 11.3 Å². The van der Waals surface area contributed by atoms with Gasteiger partial charge in [0.25, 0.3) is 5.91 Å². The molecule has 2 rings (SSSR count). The van der Waals surface area contributed by atoms with E-state index in [9.17, 15) is 14.4 Å². The Morgan fingerprint density at radius 1 is 1.10 bits per heavy atom. The molecule has 0 aliphatic carbocycles. The predicted octanol–water partition coefficient (Wildman–Crippen LogP) is 4.15. The number of thiophene rings is 1. The minimum atomic E-state index is -1.06. The third-order valence-corrected chi connectivity index (χ3v) is 4.27. The van der Waals surface area contributed by atoms with Crippen LogP contribution in [0.5, 0.6) is 0 Å². The lowest BCUT2D eigenvalue weighted by Crippen LogP contribution is -2.30. The molecule has 9 heteroatoms. The SMILES string of the molecule is C[C@@H](OC(=O)c1ccc(NC(=O)OC(C)(C)C)cc1)C(=O)Nc1sccc1C#N. The molecular weight excluding hydrogens is 394 g/mol. The summed E-state index contributed by atoms with van der Waals surface area (Å²) in [6, 6.07) is 9.53. The number of esters is 1. The Balaban J connectivity index is 1.92. The van der Waals surface area contributed by atoms with Crippen LogP contribution in [0.3, 0.4) is 0 Å². The fourth-order valence-electron chi connectivity index (χ4n) is 2.10. The molecule has 0 saturated carbocycles. The first kappa shape index (κ1) is 21.9. The summed E-state index contributed by atoms with van der Waals surface area (Å²) in [4.78, 5) is 36.2. The van der Waals surface area contributed by atoms with Crippen LogP contribution in [0.25, 0.3) is 0 Å². The number of hydrogen-bond donors (Lipinski definition) is 2. The predicted molar refractivity (Wildman–Crippen MR) is 109 cm³/mol. The van der Waals surface area contributed by atoms with Gasteiger partial charge in [-0.1, -0.05) is 0 Å². The molecule has 0 radical (unpaired) electrons. The Labute approximate surface area is 172 Å². The Kier molecular flexibility index (Phi) is 6.96. The fourth-order valence-corrected chi connectivity index (χ4v) is 2.84. The number of ether oxygens (including phenoxy) is 2. The number of nitrogens with zero attached hydrogens (tertiary/aromatic N) is 1. The molecule has 0 unspecified atom stereocenters. The highest BCUT2D eigenvalue weighted by Gasteiger charge is 2.21. The molecule has 8 nitrogen and oxygen atoms in total. The molecule has 0 saturated heterocycles. The van der Waals surface area contributed by atoms with Gasteiger partial charge in [-0.2, -0.15) is 5.26 Å².